The second-order valence-electron chi connectivity index (χ2n) is 6.70. The molecular weight excluding hydrogens is 260 g/mol. The zero-order valence-corrected chi connectivity index (χ0v) is 14.1. The summed E-state index contributed by atoms with van der Waals surface area (Å²) in [7, 11) is 4.31. The normalized spacial score (nSPS) is 20.4. The molecule has 1 aromatic carbocycles. The van der Waals surface area contributed by atoms with Gasteiger partial charge < -0.3 is 15.0 Å². The van der Waals surface area contributed by atoms with Gasteiger partial charge >= 0.3 is 0 Å². The van der Waals surface area contributed by atoms with Crippen molar-refractivity contribution in [2.45, 2.75) is 51.3 Å². The standard InChI is InChI=1S/C18H30N2O/c1-6-19-17(18(2,3)20(4)5)13-16-15-10-8-7-9-14(15)11-12-21-16/h7-10,16-17,19H,6,11-13H2,1-5H3. The molecule has 3 heteroatoms. The molecule has 0 fully saturated rings. The fourth-order valence-corrected chi connectivity index (χ4v) is 3.07. The number of likely N-dealkylation sites (N-methyl/N-ethyl adjacent to an activating group) is 2. The van der Waals surface area contributed by atoms with Crippen LogP contribution in [0.2, 0.25) is 0 Å². The van der Waals surface area contributed by atoms with Gasteiger partial charge in [0.05, 0.1) is 12.7 Å². The largest absolute Gasteiger partial charge is 0.373 e. The molecule has 0 saturated carbocycles. The first kappa shape index (κ1) is 16.5. The second kappa shape index (κ2) is 6.91. The summed E-state index contributed by atoms with van der Waals surface area (Å²) in [6.45, 7) is 8.59. The Labute approximate surface area is 129 Å². The summed E-state index contributed by atoms with van der Waals surface area (Å²) in [4.78, 5) is 2.30. The third-order valence-electron chi connectivity index (χ3n) is 5.00. The SMILES string of the molecule is CCNC(CC1OCCc2ccccc21)C(C)(C)N(C)C. The van der Waals surface area contributed by atoms with Crippen molar-refractivity contribution in [1.29, 1.82) is 0 Å². The fraction of sp³-hybridized carbons (Fsp3) is 0.667. The van der Waals surface area contributed by atoms with Crippen molar-refractivity contribution < 1.29 is 4.74 Å². The van der Waals surface area contributed by atoms with Crippen LogP contribution in [-0.4, -0.2) is 43.7 Å². The first-order valence-corrected chi connectivity index (χ1v) is 8.07. The Morgan fingerprint density at radius 3 is 2.71 bits per heavy atom. The van der Waals surface area contributed by atoms with Gasteiger partial charge in [0.15, 0.2) is 0 Å². The lowest BCUT2D eigenvalue weighted by molar-refractivity contribution is 0.0118. The molecule has 0 aromatic heterocycles. The van der Waals surface area contributed by atoms with E-state index >= 15 is 0 Å². The van der Waals surface area contributed by atoms with Crippen LogP contribution in [-0.2, 0) is 11.2 Å². The van der Waals surface area contributed by atoms with Crippen LogP contribution in [0.5, 0.6) is 0 Å². The van der Waals surface area contributed by atoms with Gasteiger partial charge in [-0.25, -0.2) is 0 Å². The quantitative estimate of drug-likeness (QED) is 0.871. The van der Waals surface area contributed by atoms with Gasteiger partial charge in [-0.2, -0.15) is 0 Å². The third-order valence-corrected chi connectivity index (χ3v) is 5.00. The molecule has 0 aliphatic carbocycles. The van der Waals surface area contributed by atoms with Gasteiger partial charge in [-0.1, -0.05) is 31.2 Å². The van der Waals surface area contributed by atoms with E-state index in [2.05, 4.69) is 69.3 Å². The van der Waals surface area contributed by atoms with Crippen LogP contribution in [0.4, 0.5) is 0 Å². The van der Waals surface area contributed by atoms with Gasteiger partial charge in [-0.15, -0.1) is 0 Å². The van der Waals surface area contributed by atoms with Crippen LogP contribution in [0.3, 0.4) is 0 Å². The minimum absolute atomic E-state index is 0.0890. The molecule has 1 aromatic rings. The van der Waals surface area contributed by atoms with Crippen LogP contribution in [0.15, 0.2) is 24.3 Å². The molecule has 2 rings (SSSR count). The Balaban J connectivity index is 2.18. The number of fused-ring (bicyclic) bond motifs is 1. The van der Waals surface area contributed by atoms with E-state index in [0.717, 1.165) is 26.0 Å². The maximum atomic E-state index is 6.10. The van der Waals surface area contributed by atoms with Crippen LogP contribution in [0, 0.1) is 0 Å². The summed E-state index contributed by atoms with van der Waals surface area (Å²) in [5.41, 5.74) is 2.92. The molecule has 21 heavy (non-hydrogen) atoms. The highest BCUT2D eigenvalue weighted by Gasteiger charge is 2.34. The maximum Gasteiger partial charge on any atom is 0.0843 e. The molecule has 0 radical (unpaired) electrons. The van der Waals surface area contributed by atoms with Crippen molar-refractivity contribution in [1.82, 2.24) is 10.2 Å². The lowest BCUT2D eigenvalue weighted by Gasteiger charge is -2.42. The van der Waals surface area contributed by atoms with Crippen LogP contribution >= 0.6 is 0 Å². The van der Waals surface area contributed by atoms with E-state index in [-0.39, 0.29) is 11.6 Å². The third kappa shape index (κ3) is 3.65. The van der Waals surface area contributed by atoms with E-state index in [1.807, 2.05) is 0 Å². The lowest BCUT2D eigenvalue weighted by atomic mass is 9.85. The van der Waals surface area contributed by atoms with Gasteiger partial charge in [-0.3, -0.25) is 0 Å². The van der Waals surface area contributed by atoms with Gasteiger partial charge in [0.25, 0.3) is 0 Å². The molecule has 0 bridgehead atoms. The molecule has 1 N–H and O–H groups in total. The van der Waals surface area contributed by atoms with Gasteiger partial charge in [-0.05, 0) is 58.5 Å². The number of benzene rings is 1. The smallest absolute Gasteiger partial charge is 0.0843 e. The van der Waals surface area contributed by atoms with Crippen LogP contribution in [0.1, 0.15) is 44.4 Å². The van der Waals surface area contributed by atoms with Crippen LogP contribution < -0.4 is 5.32 Å². The number of hydrogen-bond acceptors (Lipinski definition) is 3. The molecule has 3 nitrogen and oxygen atoms in total. The van der Waals surface area contributed by atoms with Crippen molar-refractivity contribution in [2.24, 2.45) is 0 Å². The number of hydrogen-bond donors (Lipinski definition) is 1. The van der Waals surface area contributed by atoms with Gasteiger partial charge in [0.2, 0.25) is 0 Å². The Bertz CT molecular complexity index is 456. The molecular formula is C18H30N2O. The Morgan fingerprint density at radius 2 is 2.05 bits per heavy atom. The maximum absolute atomic E-state index is 6.10. The average Bonchev–Trinajstić information content (AvgIpc) is 2.47. The Kier molecular flexibility index (Phi) is 5.42. The number of rotatable bonds is 6. The van der Waals surface area contributed by atoms with E-state index in [1.165, 1.54) is 11.1 Å². The zero-order chi connectivity index (χ0) is 15.5. The van der Waals surface area contributed by atoms with E-state index in [4.69, 9.17) is 4.74 Å². The summed E-state index contributed by atoms with van der Waals surface area (Å²) >= 11 is 0. The van der Waals surface area contributed by atoms with Crippen molar-refractivity contribution in [2.75, 3.05) is 27.2 Å². The summed E-state index contributed by atoms with van der Waals surface area (Å²) in [6, 6.07) is 9.12. The highest BCUT2D eigenvalue weighted by molar-refractivity contribution is 5.31. The Morgan fingerprint density at radius 1 is 1.33 bits per heavy atom. The first-order valence-electron chi connectivity index (χ1n) is 8.07. The van der Waals surface area contributed by atoms with Crippen LogP contribution in [0.25, 0.3) is 0 Å². The summed E-state index contributed by atoms with van der Waals surface area (Å²) in [5, 5.41) is 3.66. The lowest BCUT2D eigenvalue weighted by Crippen LogP contribution is -2.55. The van der Waals surface area contributed by atoms with Gasteiger partial charge in [0.1, 0.15) is 0 Å². The highest BCUT2D eigenvalue weighted by atomic mass is 16.5. The predicted octanol–water partition coefficient (Wildman–Crippen LogP) is 3.01. The molecule has 0 spiro atoms. The van der Waals surface area contributed by atoms with E-state index in [9.17, 15) is 0 Å². The molecule has 1 heterocycles. The molecule has 2 unspecified atom stereocenters. The van der Waals surface area contributed by atoms with Crippen molar-refractivity contribution in [3.63, 3.8) is 0 Å². The number of nitrogens with zero attached hydrogens (tertiary/aromatic N) is 1. The molecule has 118 valence electrons. The summed E-state index contributed by atoms with van der Waals surface area (Å²) in [5.74, 6) is 0. The minimum atomic E-state index is 0.0890. The fourth-order valence-electron chi connectivity index (χ4n) is 3.07. The first-order chi connectivity index (χ1) is 9.96. The molecule has 1 aliphatic heterocycles. The van der Waals surface area contributed by atoms with E-state index in [1.54, 1.807) is 0 Å². The molecule has 2 atom stereocenters. The molecule has 0 amide bonds. The Hall–Kier alpha value is -0.900. The highest BCUT2D eigenvalue weighted by Crippen LogP contribution is 2.33. The molecule has 0 saturated heterocycles. The van der Waals surface area contributed by atoms with Crippen molar-refractivity contribution >= 4 is 0 Å². The predicted molar refractivity (Wildman–Crippen MR) is 88.7 cm³/mol. The number of ether oxygens (including phenoxy) is 1. The topological polar surface area (TPSA) is 24.5 Å². The molecule has 1 aliphatic rings. The summed E-state index contributed by atoms with van der Waals surface area (Å²) in [6.07, 6.45) is 2.25. The van der Waals surface area contributed by atoms with Gasteiger partial charge in [0, 0.05) is 11.6 Å². The van der Waals surface area contributed by atoms with E-state index < -0.39 is 0 Å². The monoisotopic (exact) mass is 290 g/mol. The van der Waals surface area contributed by atoms with E-state index in [0.29, 0.717) is 6.04 Å². The summed E-state index contributed by atoms with van der Waals surface area (Å²) < 4.78 is 6.10. The van der Waals surface area contributed by atoms with Crippen molar-refractivity contribution in [3.8, 4) is 0 Å². The average molecular weight is 290 g/mol. The van der Waals surface area contributed by atoms with Crippen molar-refractivity contribution in [3.05, 3.63) is 35.4 Å². The zero-order valence-electron chi connectivity index (χ0n) is 14.1. The number of nitrogens with one attached hydrogen (secondary N) is 1. The second-order valence-corrected chi connectivity index (χ2v) is 6.70. The minimum Gasteiger partial charge on any atom is -0.373 e.